The first-order valence-electron chi connectivity index (χ1n) is 6.10. The molecule has 1 aliphatic rings. The first-order chi connectivity index (χ1) is 7.86. The third kappa shape index (κ3) is 3.42. The Morgan fingerprint density at radius 3 is 3.25 bits per heavy atom. The lowest BCUT2D eigenvalue weighted by molar-refractivity contribution is 0.160. The van der Waals surface area contributed by atoms with Crippen LogP contribution in [0.15, 0.2) is 5.51 Å². The molecule has 1 N–H and O–H groups in total. The van der Waals surface area contributed by atoms with Crippen molar-refractivity contribution in [3.05, 3.63) is 5.51 Å². The third-order valence-electron chi connectivity index (χ3n) is 3.20. The number of rotatable bonds is 5. The van der Waals surface area contributed by atoms with Crippen molar-refractivity contribution < 1.29 is 0 Å². The maximum Gasteiger partial charge on any atom is 0.205 e. The topological polar surface area (TPSA) is 41.0 Å². The van der Waals surface area contributed by atoms with Gasteiger partial charge >= 0.3 is 0 Å². The smallest absolute Gasteiger partial charge is 0.205 e. The van der Waals surface area contributed by atoms with Crippen LogP contribution >= 0.6 is 11.3 Å². The van der Waals surface area contributed by atoms with Gasteiger partial charge in [-0.1, -0.05) is 17.8 Å². The van der Waals surface area contributed by atoms with Gasteiger partial charge in [0.05, 0.1) is 0 Å². The predicted molar refractivity (Wildman–Crippen MR) is 67.9 cm³/mol. The standard InChI is InChI=1S/C11H20N4S/c1-10-5-2-3-7-15(10)8-4-6-12-11-14-13-9-16-11/h9-10H,2-8H2,1H3,(H,12,14). The Balaban J connectivity index is 1.60. The van der Waals surface area contributed by atoms with E-state index in [1.54, 1.807) is 16.8 Å². The number of anilines is 1. The molecule has 4 nitrogen and oxygen atoms in total. The molecule has 1 unspecified atom stereocenters. The third-order valence-corrected chi connectivity index (χ3v) is 3.85. The van der Waals surface area contributed by atoms with Crippen molar-refractivity contribution in [3.8, 4) is 0 Å². The summed E-state index contributed by atoms with van der Waals surface area (Å²) in [6.07, 6.45) is 5.32. The van der Waals surface area contributed by atoms with Gasteiger partial charge in [0.25, 0.3) is 0 Å². The molecule has 1 atom stereocenters. The average Bonchev–Trinajstić information content (AvgIpc) is 2.79. The van der Waals surface area contributed by atoms with Crippen LogP contribution in [-0.2, 0) is 0 Å². The molecule has 16 heavy (non-hydrogen) atoms. The Morgan fingerprint density at radius 1 is 1.56 bits per heavy atom. The summed E-state index contributed by atoms with van der Waals surface area (Å²) >= 11 is 1.56. The molecule has 0 saturated carbocycles. The van der Waals surface area contributed by atoms with E-state index in [4.69, 9.17) is 0 Å². The zero-order valence-electron chi connectivity index (χ0n) is 9.85. The SMILES string of the molecule is CC1CCCCN1CCCNc1nncs1. The van der Waals surface area contributed by atoms with Gasteiger partial charge in [0.1, 0.15) is 5.51 Å². The number of nitrogens with zero attached hydrogens (tertiary/aromatic N) is 3. The van der Waals surface area contributed by atoms with Crippen molar-refractivity contribution in [2.24, 2.45) is 0 Å². The van der Waals surface area contributed by atoms with Crippen molar-refractivity contribution in [2.75, 3.05) is 25.0 Å². The van der Waals surface area contributed by atoms with Crippen molar-refractivity contribution in [3.63, 3.8) is 0 Å². The van der Waals surface area contributed by atoms with Gasteiger partial charge in [0, 0.05) is 19.1 Å². The number of piperidine rings is 1. The molecule has 0 amide bonds. The Kier molecular flexibility index (Phi) is 4.54. The molecule has 2 rings (SSSR count). The average molecular weight is 240 g/mol. The molecule has 0 bridgehead atoms. The number of hydrogen-bond donors (Lipinski definition) is 1. The van der Waals surface area contributed by atoms with E-state index in [1.807, 2.05) is 0 Å². The van der Waals surface area contributed by atoms with Crippen molar-refractivity contribution in [2.45, 2.75) is 38.6 Å². The van der Waals surface area contributed by atoms with Gasteiger partial charge in [-0.3, -0.25) is 0 Å². The van der Waals surface area contributed by atoms with Crippen LogP contribution in [0.1, 0.15) is 32.6 Å². The van der Waals surface area contributed by atoms with Crippen LogP contribution in [-0.4, -0.2) is 40.8 Å². The molecular weight excluding hydrogens is 220 g/mol. The molecule has 1 aromatic rings. The van der Waals surface area contributed by atoms with Crippen molar-refractivity contribution >= 4 is 16.5 Å². The first kappa shape index (κ1) is 11.8. The lowest BCUT2D eigenvalue weighted by Gasteiger charge is -2.33. The van der Waals surface area contributed by atoms with Crippen molar-refractivity contribution in [1.82, 2.24) is 15.1 Å². The molecule has 90 valence electrons. The van der Waals surface area contributed by atoms with Crippen LogP contribution in [0.3, 0.4) is 0 Å². The summed E-state index contributed by atoms with van der Waals surface area (Å²) in [6, 6.07) is 0.773. The summed E-state index contributed by atoms with van der Waals surface area (Å²) in [6.45, 7) is 5.82. The molecule has 0 radical (unpaired) electrons. The van der Waals surface area contributed by atoms with E-state index in [1.165, 1.54) is 38.8 Å². The number of hydrogen-bond acceptors (Lipinski definition) is 5. The van der Waals surface area contributed by atoms with E-state index < -0.39 is 0 Å². The summed E-state index contributed by atoms with van der Waals surface area (Å²) in [4.78, 5) is 2.60. The number of likely N-dealkylation sites (tertiary alicyclic amines) is 1. The van der Waals surface area contributed by atoms with Gasteiger partial charge in [-0.2, -0.15) is 0 Å². The minimum Gasteiger partial charge on any atom is -0.360 e. The van der Waals surface area contributed by atoms with Crippen LogP contribution in [0.2, 0.25) is 0 Å². The van der Waals surface area contributed by atoms with Gasteiger partial charge in [0.15, 0.2) is 0 Å². The minimum absolute atomic E-state index is 0.773. The maximum atomic E-state index is 3.96. The first-order valence-corrected chi connectivity index (χ1v) is 6.98. The van der Waals surface area contributed by atoms with Gasteiger partial charge in [-0.25, -0.2) is 0 Å². The molecule has 0 spiro atoms. The largest absolute Gasteiger partial charge is 0.360 e. The highest BCUT2D eigenvalue weighted by molar-refractivity contribution is 7.13. The van der Waals surface area contributed by atoms with E-state index in [0.717, 1.165) is 17.7 Å². The Labute approximate surface area is 101 Å². The monoisotopic (exact) mass is 240 g/mol. The molecule has 2 heterocycles. The fraction of sp³-hybridized carbons (Fsp3) is 0.818. The molecule has 5 heteroatoms. The fourth-order valence-electron chi connectivity index (χ4n) is 2.22. The lowest BCUT2D eigenvalue weighted by atomic mass is 10.0. The maximum absolute atomic E-state index is 3.96. The lowest BCUT2D eigenvalue weighted by Crippen LogP contribution is -2.38. The molecular formula is C11H20N4S. The molecule has 1 saturated heterocycles. The number of nitrogens with one attached hydrogen (secondary N) is 1. The number of aromatic nitrogens is 2. The van der Waals surface area contributed by atoms with Crippen LogP contribution in [0, 0.1) is 0 Å². The van der Waals surface area contributed by atoms with E-state index in [2.05, 4.69) is 27.3 Å². The van der Waals surface area contributed by atoms with Gasteiger partial charge in [-0.15, -0.1) is 10.2 Å². The fourth-order valence-corrected chi connectivity index (χ4v) is 2.69. The quantitative estimate of drug-likeness (QED) is 0.801. The van der Waals surface area contributed by atoms with Crippen LogP contribution < -0.4 is 5.32 Å². The van der Waals surface area contributed by atoms with E-state index in [9.17, 15) is 0 Å². The normalized spacial score (nSPS) is 22.2. The highest BCUT2D eigenvalue weighted by Gasteiger charge is 2.16. The second-order valence-corrected chi connectivity index (χ2v) is 5.24. The zero-order chi connectivity index (χ0) is 11.2. The summed E-state index contributed by atoms with van der Waals surface area (Å²) in [5.74, 6) is 0. The minimum atomic E-state index is 0.773. The van der Waals surface area contributed by atoms with E-state index >= 15 is 0 Å². The Hall–Kier alpha value is -0.680. The van der Waals surface area contributed by atoms with Gasteiger partial charge in [0.2, 0.25) is 5.13 Å². The van der Waals surface area contributed by atoms with E-state index in [-0.39, 0.29) is 0 Å². The highest BCUT2D eigenvalue weighted by atomic mass is 32.1. The summed E-state index contributed by atoms with van der Waals surface area (Å²) in [5, 5.41) is 12.0. The molecule has 0 aromatic carbocycles. The molecule has 1 aliphatic heterocycles. The summed E-state index contributed by atoms with van der Waals surface area (Å²) in [5.41, 5.74) is 1.76. The summed E-state index contributed by atoms with van der Waals surface area (Å²) in [7, 11) is 0. The van der Waals surface area contributed by atoms with Crippen LogP contribution in [0.5, 0.6) is 0 Å². The zero-order valence-corrected chi connectivity index (χ0v) is 10.7. The molecule has 1 aromatic heterocycles. The Morgan fingerprint density at radius 2 is 2.50 bits per heavy atom. The molecule has 0 aliphatic carbocycles. The second-order valence-electron chi connectivity index (χ2n) is 4.40. The van der Waals surface area contributed by atoms with Crippen molar-refractivity contribution in [1.29, 1.82) is 0 Å². The predicted octanol–water partition coefficient (Wildman–Crippen LogP) is 2.21. The Bertz CT molecular complexity index is 288. The van der Waals surface area contributed by atoms with Gasteiger partial charge < -0.3 is 10.2 Å². The van der Waals surface area contributed by atoms with E-state index in [0.29, 0.717) is 0 Å². The summed E-state index contributed by atoms with van der Waals surface area (Å²) < 4.78 is 0. The second kappa shape index (κ2) is 6.15. The molecule has 1 fully saturated rings. The van der Waals surface area contributed by atoms with Crippen LogP contribution in [0.4, 0.5) is 5.13 Å². The highest BCUT2D eigenvalue weighted by Crippen LogP contribution is 2.16. The van der Waals surface area contributed by atoms with Gasteiger partial charge in [-0.05, 0) is 32.7 Å². The van der Waals surface area contributed by atoms with Crippen LogP contribution in [0.25, 0.3) is 0 Å².